The minimum absolute atomic E-state index is 0.0371. The number of esters is 1. The van der Waals surface area contributed by atoms with Gasteiger partial charge in [-0.1, -0.05) is 91.1 Å². The van der Waals surface area contributed by atoms with Gasteiger partial charge in [0.05, 0.1) is 18.7 Å². The molecule has 298 valence electrons. The third-order valence-corrected chi connectivity index (χ3v) is 11.6. The number of benzene rings is 2. The number of hydrogen-bond donors (Lipinski definition) is 4. The van der Waals surface area contributed by atoms with E-state index in [2.05, 4.69) is 53.0 Å². The second-order valence-corrected chi connectivity index (χ2v) is 16.2. The zero-order chi connectivity index (χ0) is 39.9. The summed E-state index contributed by atoms with van der Waals surface area (Å²) in [6.45, 7) is 11.8. The number of aromatic nitrogens is 1. The highest BCUT2D eigenvalue weighted by atomic mass is 16.5. The van der Waals surface area contributed by atoms with Crippen molar-refractivity contribution in [2.45, 2.75) is 116 Å². The summed E-state index contributed by atoms with van der Waals surface area (Å²) >= 11 is 0. The van der Waals surface area contributed by atoms with Crippen molar-refractivity contribution in [3.05, 3.63) is 94.1 Å². The molecular formula is C44H54N4O8. The summed E-state index contributed by atoms with van der Waals surface area (Å²) in [6.07, 6.45) is 6.97. The number of aliphatic hydroxyl groups is 1. The van der Waals surface area contributed by atoms with E-state index in [4.69, 9.17) is 18.6 Å². The molecule has 6 unspecified atom stereocenters. The van der Waals surface area contributed by atoms with Gasteiger partial charge < -0.3 is 39.7 Å². The molecule has 12 heteroatoms. The molecule has 12 nitrogen and oxygen atoms in total. The molecule has 4 aliphatic heterocycles. The summed E-state index contributed by atoms with van der Waals surface area (Å²) in [7, 11) is 1.30. The number of amides is 2. The Morgan fingerprint density at radius 2 is 1.88 bits per heavy atom. The number of aryl methyl sites for hydroxylation is 1. The van der Waals surface area contributed by atoms with Gasteiger partial charge in [-0.3, -0.25) is 9.59 Å². The number of aliphatic hydroxyl groups excluding tert-OH is 1. The molecule has 0 fully saturated rings. The maximum Gasteiger partial charge on any atom is 0.360 e. The minimum Gasteiger partial charge on any atom is -0.468 e. The minimum atomic E-state index is -1.28. The summed E-state index contributed by atoms with van der Waals surface area (Å²) < 4.78 is 25.5. The average Bonchev–Trinajstić information content (AvgIpc) is 3.84. The average molecular weight is 767 g/mol. The quantitative estimate of drug-likeness (QED) is 0.124. The second kappa shape index (κ2) is 15.8. The largest absolute Gasteiger partial charge is 0.468 e. The molecule has 3 aromatic rings. The first-order valence-corrected chi connectivity index (χ1v) is 20.0. The molecule has 0 radical (unpaired) electrons. The predicted octanol–water partition coefficient (Wildman–Crippen LogP) is 6.56. The van der Waals surface area contributed by atoms with E-state index in [9.17, 15) is 19.5 Å². The van der Waals surface area contributed by atoms with Crippen LogP contribution in [0, 0.1) is 17.8 Å². The number of methoxy groups -OCH3 is 1. The van der Waals surface area contributed by atoms with Gasteiger partial charge >= 0.3 is 5.97 Å². The molecule has 0 aliphatic carbocycles. The monoisotopic (exact) mass is 766 g/mol. The number of nitrogens with zero attached hydrogens (tertiary/aromatic N) is 1. The smallest absolute Gasteiger partial charge is 0.360 e. The van der Waals surface area contributed by atoms with E-state index in [0.29, 0.717) is 23.5 Å². The zero-order valence-electron chi connectivity index (χ0n) is 33.4. The van der Waals surface area contributed by atoms with Gasteiger partial charge in [0, 0.05) is 17.7 Å². The van der Waals surface area contributed by atoms with Crippen LogP contribution in [0.2, 0.25) is 0 Å². The maximum absolute atomic E-state index is 14.5. The lowest BCUT2D eigenvalue weighted by Gasteiger charge is -2.36. The zero-order valence-corrected chi connectivity index (χ0v) is 33.4. The summed E-state index contributed by atoms with van der Waals surface area (Å²) in [6, 6.07) is 10.7. The van der Waals surface area contributed by atoms with E-state index in [-0.39, 0.29) is 35.8 Å². The SMILES string of the molecule is CCCCCCc1cc2cc3c1OC1Nc4ccccc4C31C1=C(c3nc(C(=O)OC)co3)C(C)CC=C(O1)C(C(C)C)NC(=O)C(NC(=O)C(O)C(C)C)C2. The summed E-state index contributed by atoms with van der Waals surface area (Å²) in [5.41, 5.74) is 4.12. The highest BCUT2D eigenvalue weighted by Gasteiger charge is 2.62. The van der Waals surface area contributed by atoms with Crippen LogP contribution in [-0.4, -0.2) is 59.4 Å². The van der Waals surface area contributed by atoms with Crippen molar-refractivity contribution in [2.24, 2.45) is 17.8 Å². The topological polar surface area (TPSA) is 161 Å². The van der Waals surface area contributed by atoms with Crippen LogP contribution >= 0.6 is 0 Å². The number of para-hydroxylation sites is 1. The third-order valence-electron chi connectivity index (χ3n) is 11.6. The van der Waals surface area contributed by atoms with Crippen molar-refractivity contribution in [1.82, 2.24) is 15.6 Å². The van der Waals surface area contributed by atoms with E-state index in [1.165, 1.54) is 13.4 Å². The predicted molar refractivity (Wildman–Crippen MR) is 211 cm³/mol. The molecule has 1 spiro atoms. The van der Waals surface area contributed by atoms with Crippen molar-refractivity contribution in [2.75, 3.05) is 12.4 Å². The number of unbranched alkanes of at least 4 members (excludes halogenated alkanes) is 3. The lowest BCUT2D eigenvalue weighted by Crippen LogP contribution is -2.54. The number of oxazole rings is 1. The second-order valence-electron chi connectivity index (χ2n) is 16.2. The molecular weight excluding hydrogens is 713 g/mol. The van der Waals surface area contributed by atoms with Gasteiger partial charge in [-0.2, -0.15) is 0 Å². The Morgan fingerprint density at radius 1 is 1.09 bits per heavy atom. The van der Waals surface area contributed by atoms with Crippen LogP contribution in [0.15, 0.2) is 64.7 Å². The molecule has 1 aromatic heterocycles. The van der Waals surface area contributed by atoms with Crippen molar-refractivity contribution in [3.8, 4) is 5.75 Å². The van der Waals surface area contributed by atoms with Crippen molar-refractivity contribution in [1.29, 1.82) is 0 Å². The number of fused-ring (bicyclic) bond motifs is 4. The Balaban J connectivity index is 1.53. The molecule has 6 atom stereocenters. The fourth-order valence-corrected chi connectivity index (χ4v) is 8.52. The van der Waals surface area contributed by atoms with Crippen LogP contribution < -0.4 is 20.7 Å². The molecule has 4 bridgehead atoms. The van der Waals surface area contributed by atoms with Gasteiger partial charge in [0.25, 0.3) is 0 Å². The molecule has 2 amide bonds. The number of allylic oxidation sites excluding steroid dienone is 2. The van der Waals surface area contributed by atoms with Crippen LogP contribution in [0.4, 0.5) is 5.69 Å². The van der Waals surface area contributed by atoms with E-state index < -0.39 is 47.6 Å². The molecule has 5 heterocycles. The third kappa shape index (κ3) is 6.86. The van der Waals surface area contributed by atoms with Gasteiger partial charge in [0.1, 0.15) is 41.1 Å². The van der Waals surface area contributed by atoms with Crippen molar-refractivity contribution < 1.29 is 38.1 Å². The first-order chi connectivity index (χ1) is 26.9. The normalized spacial score (nSPS) is 24.3. The fraction of sp³-hybridized carbons (Fsp3) is 0.500. The number of carbonyl (C=O) groups excluding carboxylic acids is 3. The van der Waals surface area contributed by atoms with Crippen LogP contribution in [0.25, 0.3) is 5.57 Å². The number of hydrogen-bond acceptors (Lipinski definition) is 10. The Bertz CT molecular complexity index is 2070. The van der Waals surface area contributed by atoms with Crippen LogP contribution in [0.5, 0.6) is 5.75 Å². The first kappa shape index (κ1) is 39.1. The molecule has 4 aliphatic rings. The number of rotatable bonds is 11. The van der Waals surface area contributed by atoms with Crippen LogP contribution in [-0.2, 0) is 37.3 Å². The van der Waals surface area contributed by atoms with Crippen molar-refractivity contribution >= 4 is 29.0 Å². The molecule has 0 saturated carbocycles. The van der Waals surface area contributed by atoms with E-state index in [1.54, 1.807) is 13.8 Å². The summed E-state index contributed by atoms with van der Waals surface area (Å²) in [4.78, 5) is 45.2. The molecule has 0 saturated heterocycles. The first-order valence-electron chi connectivity index (χ1n) is 20.0. The van der Waals surface area contributed by atoms with E-state index in [1.807, 2.05) is 38.1 Å². The van der Waals surface area contributed by atoms with Gasteiger partial charge in [-0.05, 0) is 65.8 Å². The molecule has 2 aromatic carbocycles. The van der Waals surface area contributed by atoms with Gasteiger partial charge in [-0.25, -0.2) is 9.78 Å². The Labute approximate surface area is 328 Å². The van der Waals surface area contributed by atoms with E-state index >= 15 is 0 Å². The number of nitrogens with one attached hydrogen (secondary N) is 3. The highest BCUT2D eigenvalue weighted by molar-refractivity contribution is 5.90. The fourth-order valence-electron chi connectivity index (χ4n) is 8.52. The Morgan fingerprint density at radius 3 is 2.61 bits per heavy atom. The Hall–Kier alpha value is -5.10. The van der Waals surface area contributed by atoms with Crippen molar-refractivity contribution in [3.63, 3.8) is 0 Å². The lowest BCUT2D eigenvalue weighted by molar-refractivity contribution is -0.135. The number of anilines is 1. The van der Waals surface area contributed by atoms with Gasteiger partial charge in [0.15, 0.2) is 11.9 Å². The standard InChI is InChI=1S/C44H54N4O8/c1-8-9-10-11-14-27-19-26-20-29-37(27)56-43-44(29,28-15-12-13-16-30(28)47-43)38-34(41-46-32(22-54-41)42(52)53-7)25(6)17-18-33(55-38)35(23(2)3)48-39(50)31(21-26)45-40(51)36(49)24(4)5/h12-13,15-16,18-20,22-25,31,35-36,43,47,49H,8-11,14,17,21H2,1-7H3,(H,45,51)(H,48,50). The number of ether oxygens (including phenoxy) is 3. The summed E-state index contributed by atoms with van der Waals surface area (Å²) in [5.74, 6) is -0.283. The molecule has 7 rings (SSSR count). The molecule has 4 N–H and O–H groups in total. The Kier molecular flexibility index (Phi) is 11.0. The lowest BCUT2D eigenvalue weighted by atomic mass is 9.70. The molecule has 56 heavy (non-hydrogen) atoms. The highest BCUT2D eigenvalue weighted by Crippen LogP contribution is 2.61. The van der Waals surface area contributed by atoms with E-state index in [0.717, 1.165) is 65.8 Å². The van der Waals surface area contributed by atoms with Gasteiger partial charge in [0.2, 0.25) is 17.7 Å². The van der Waals surface area contributed by atoms with Crippen LogP contribution in [0.3, 0.4) is 0 Å². The van der Waals surface area contributed by atoms with Gasteiger partial charge in [-0.15, -0.1) is 0 Å². The maximum atomic E-state index is 14.5. The number of carbonyl (C=O) groups is 3. The summed E-state index contributed by atoms with van der Waals surface area (Å²) in [5, 5.41) is 20.6. The van der Waals surface area contributed by atoms with Crippen LogP contribution in [0.1, 0.15) is 112 Å².